The highest BCUT2D eigenvalue weighted by Crippen LogP contribution is 1.94. The predicted molar refractivity (Wildman–Crippen MR) is 85.8 cm³/mol. The summed E-state index contributed by atoms with van der Waals surface area (Å²) < 4.78 is 0. The molecule has 0 radical (unpaired) electrons. The highest BCUT2D eigenvalue weighted by molar-refractivity contribution is 5.95. The first kappa shape index (κ1) is 22.8. The van der Waals surface area contributed by atoms with Crippen molar-refractivity contribution in [3.63, 3.8) is 0 Å². The van der Waals surface area contributed by atoms with E-state index in [2.05, 4.69) is 10.6 Å². The van der Waals surface area contributed by atoms with Crippen LogP contribution >= 0.6 is 0 Å². The Morgan fingerprint density at radius 1 is 0.885 bits per heavy atom. The van der Waals surface area contributed by atoms with Crippen LogP contribution in [0.2, 0.25) is 0 Å². The van der Waals surface area contributed by atoms with Gasteiger partial charge < -0.3 is 38.3 Å². The van der Waals surface area contributed by atoms with Crippen molar-refractivity contribution >= 4 is 35.5 Å². The molecule has 0 rings (SSSR count). The van der Waals surface area contributed by atoms with Crippen LogP contribution in [0.1, 0.15) is 19.8 Å². The van der Waals surface area contributed by atoms with E-state index >= 15 is 0 Å². The Kier molecular flexibility index (Phi) is 9.29. The van der Waals surface area contributed by atoms with Crippen LogP contribution in [0.4, 0.5) is 0 Å². The molecule has 13 heteroatoms. The van der Waals surface area contributed by atoms with Gasteiger partial charge in [0.05, 0.1) is 25.4 Å². The Hall–Kier alpha value is -3.22. The molecule has 10 N–H and O–H groups in total. The van der Waals surface area contributed by atoms with Gasteiger partial charge in [-0.25, -0.2) is 4.79 Å². The number of carboxylic acid groups (broad SMARTS) is 1. The molecule has 0 aliphatic rings. The van der Waals surface area contributed by atoms with Gasteiger partial charge in [0, 0.05) is 0 Å². The van der Waals surface area contributed by atoms with Gasteiger partial charge in [0.2, 0.25) is 29.5 Å². The van der Waals surface area contributed by atoms with Crippen molar-refractivity contribution in [1.29, 1.82) is 0 Å². The van der Waals surface area contributed by atoms with Crippen LogP contribution in [0.5, 0.6) is 0 Å². The highest BCUT2D eigenvalue weighted by atomic mass is 16.4. The zero-order chi connectivity index (χ0) is 20.4. The lowest BCUT2D eigenvalue weighted by molar-refractivity contribution is -0.143. The summed E-state index contributed by atoms with van der Waals surface area (Å²) in [6.45, 7) is 0.678. The Morgan fingerprint density at radius 3 is 1.81 bits per heavy atom. The third kappa shape index (κ3) is 9.17. The first-order valence-electron chi connectivity index (χ1n) is 7.36. The van der Waals surface area contributed by atoms with E-state index in [0.717, 1.165) is 0 Å². The monoisotopic (exact) mass is 374 g/mol. The maximum Gasteiger partial charge on any atom is 0.326 e. The van der Waals surface area contributed by atoms with E-state index in [0.29, 0.717) is 0 Å². The van der Waals surface area contributed by atoms with E-state index in [9.17, 15) is 28.8 Å². The topological polar surface area (TPSA) is 237 Å². The van der Waals surface area contributed by atoms with Crippen LogP contribution in [0.3, 0.4) is 0 Å². The minimum atomic E-state index is -1.56. The molecule has 3 atom stereocenters. The van der Waals surface area contributed by atoms with Crippen molar-refractivity contribution in [2.24, 2.45) is 17.2 Å². The summed E-state index contributed by atoms with van der Waals surface area (Å²) in [6, 6.07) is -3.87. The number of hydrogen-bond acceptors (Lipinski definition) is 7. The molecule has 146 valence electrons. The van der Waals surface area contributed by atoms with Gasteiger partial charge in [-0.3, -0.25) is 24.0 Å². The molecule has 0 bridgehead atoms. The van der Waals surface area contributed by atoms with E-state index in [4.69, 9.17) is 22.3 Å². The number of hydrogen-bond donors (Lipinski definition) is 7. The summed E-state index contributed by atoms with van der Waals surface area (Å²) in [5.74, 6) is -5.87. The summed E-state index contributed by atoms with van der Waals surface area (Å²) in [4.78, 5) is 67.9. The fourth-order valence-electron chi connectivity index (χ4n) is 1.65. The van der Waals surface area contributed by atoms with Gasteiger partial charge in [-0.05, 0) is 6.92 Å². The van der Waals surface area contributed by atoms with Crippen LogP contribution < -0.4 is 33.2 Å². The molecule has 0 aromatic carbocycles. The number of rotatable bonds is 11. The van der Waals surface area contributed by atoms with Crippen LogP contribution in [0.15, 0.2) is 0 Å². The number of amides is 5. The lowest BCUT2D eigenvalue weighted by Gasteiger charge is -2.19. The fourth-order valence-corrected chi connectivity index (χ4v) is 1.65. The summed E-state index contributed by atoms with van der Waals surface area (Å²) >= 11 is 0. The molecule has 0 aliphatic heterocycles. The third-order valence-corrected chi connectivity index (χ3v) is 2.91. The minimum absolute atomic E-state index is 0.536. The zero-order valence-corrected chi connectivity index (χ0v) is 14.0. The molecular weight excluding hydrogens is 352 g/mol. The van der Waals surface area contributed by atoms with Crippen molar-refractivity contribution in [3.8, 4) is 0 Å². The van der Waals surface area contributed by atoms with E-state index in [-0.39, 0.29) is 0 Å². The minimum Gasteiger partial charge on any atom is -0.480 e. The number of carbonyl (C=O) groups excluding carboxylic acids is 5. The average Bonchev–Trinajstić information content (AvgIpc) is 2.50. The first-order valence-corrected chi connectivity index (χ1v) is 7.36. The number of nitrogens with one attached hydrogen (secondary N) is 3. The summed E-state index contributed by atoms with van der Waals surface area (Å²) in [7, 11) is 0. The van der Waals surface area contributed by atoms with Crippen molar-refractivity contribution in [2.45, 2.75) is 37.9 Å². The number of aliphatic carboxylic acids is 1. The summed E-state index contributed by atoms with van der Waals surface area (Å²) in [5, 5.41) is 15.2. The first-order chi connectivity index (χ1) is 11.9. The molecule has 0 aromatic heterocycles. The van der Waals surface area contributed by atoms with E-state index in [1.165, 1.54) is 6.92 Å². The van der Waals surface area contributed by atoms with E-state index in [1.807, 2.05) is 5.32 Å². The van der Waals surface area contributed by atoms with Crippen molar-refractivity contribution in [1.82, 2.24) is 16.0 Å². The SMILES string of the molecule is CC(N)C(=O)NC(CC(N)=O)C(=O)NCC(=O)NC(CC(N)=O)C(=O)O. The quantitative estimate of drug-likeness (QED) is 0.185. The van der Waals surface area contributed by atoms with Crippen molar-refractivity contribution < 1.29 is 33.9 Å². The third-order valence-electron chi connectivity index (χ3n) is 2.91. The molecule has 0 aliphatic carbocycles. The Balaban J connectivity index is 4.75. The molecule has 0 spiro atoms. The Labute approximate surface area is 148 Å². The molecule has 13 nitrogen and oxygen atoms in total. The van der Waals surface area contributed by atoms with Gasteiger partial charge in [0.15, 0.2) is 0 Å². The summed E-state index contributed by atoms with van der Waals surface area (Å²) in [6.07, 6.45) is -1.17. The maximum atomic E-state index is 12.0. The van der Waals surface area contributed by atoms with Gasteiger partial charge in [-0.15, -0.1) is 0 Å². The predicted octanol–water partition coefficient (Wildman–Crippen LogP) is -4.75. The fraction of sp³-hybridized carbons (Fsp3) is 0.538. The molecule has 26 heavy (non-hydrogen) atoms. The summed E-state index contributed by atoms with van der Waals surface area (Å²) in [5.41, 5.74) is 15.2. The van der Waals surface area contributed by atoms with Crippen molar-refractivity contribution in [3.05, 3.63) is 0 Å². The molecule has 0 aromatic rings. The number of carbonyl (C=O) groups is 6. The second-order valence-electron chi connectivity index (χ2n) is 5.37. The molecular formula is C13H22N6O7. The lowest BCUT2D eigenvalue weighted by atomic mass is 10.1. The molecule has 0 saturated heterocycles. The number of nitrogens with two attached hydrogens (primary N) is 3. The lowest BCUT2D eigenvalue weighted by Crippen LogP contribution is -2.54. The van der Waals surface area contributed by atoms with Crippen molar-refractivity contribution in [2.75, 3.05) is 6.54 Å². The average molecular weight is 374 g/mol. The normalized spacial score (nSPS) is 13.6. The van der Waals surface area contributed by atoms with Gasteiger partial charge >= 0.3 is 5.97 Å². The van der Waals surface area contributed by atoms with Gasteiger partial charge in [-0.2, -0.15) is 0 Å². The molecule has 0 fully saturated rings. The number of carboxylic acids is 1. The molecule has 0 heterocycles. The van der Waals surface area contributed by atoms with E-state index < -0.39 is 73.0 Å². The number of primary amides is 2. The van der Waals surface area contributed by atoms with E-state index in [1.54, 1.807) is 0 Å². The second kappa shape index (κ2) is 10.6. The largest absolute Gasteiger partial charge is 0.480 e. The Morgan fingerprint density at radius 2 is 1.38 bits per heavy atom. The van der Waals surface area contributed by atoms with Crippen LogP contribution in [-0.4, -0.2) is 65.3 Å². The maximum absolute atomic E-state index is 12.0. The molecule has 5 amide bonds. The highest BCUT2D eigenvalue weighted by Gasteiger charge is 2.26. The standard InChI is InChI=1S/C13H22N6O7/c1-5(14)11(23)19-6(2-8(15)20)12(24)17-4-10(22)18-7(13(25)26)3-9(16)21/h5-7H,2-4,14H2,1H3,(H2,15,20)(H2,16,21)(H,17,24)(H,18,22)(H,19,23)(H,25,26). The smallest absolute Gasteiger partial charge is 0.326 e. The van der Waals surface area contributed by atoms with Gasteiger partial charge in [0.1, 0.15) is 12.1 Å². The molecule has 3 unspecified atom stereocenters. The van der Waals surface area contributed by atoms with Gasteiger partial charge in [0.25, 0.3) is 0 Å². The molecule has 0 saturated carbocycles. The second-order valence-corrected chi connectivity index (χ2v) is 5.37. The van der Waals surface area contributed by atoms with Crippen LogP contribution in [0, 0.1) is 0 Å². The van der Waals surface area contributed by atoms with Gasteiger partial charge in [-0.1, -0.05) is 0 Å². The Bertz CT molecular complexity index is 592. The van der Waals surface area contributed by atoms with Crippen LogP contribution in [-0.2, 0) is 28.8 Å². The van der Waals surface area contributed by atoms with Crippen LogP contribution in [0.25, 0.3) is 0 Å². The zero-order valence-electron chi connectivity index (χ0n) is 14.0.